The zero-order valence-corrected chi connectivity index (χ0v) is 14.7. The minimum Gasteiger partial charge on any atom is -0.465 e. The highest BCUT2D eigenvalue weighted by molar-refractivity contribution is 7.89. The lowest BCUT2D eigenvalue weighted by Crippen LogP contribution is -2.25. The van der Waals surface area contributed by atoms with Gasteiger partial charge < -0.3 is 13.9 Å². The third kappa shape index (κ3) is 4.12. The molecule has 1 aromatic carbocycles. The quantitative estimate of drug-likeness (QED) is 0.731. The van der Waals surface area contributed by atoms with Crippen LogP contribution in [0.5, 0.6) is 0 Å². The van der Waals surface area contributed by atoms with Crippen molar-refractivity contribution in [1.29, 1.82) is 0 Å². The van der Waals surface area contributed by atoms with Crippen LogP contribution in [0.15, 0.2) is 45.9 Å². The monoisotopic (exact) mass is 379 g/mol. The molecule has 8 nitrogen and oxygen atoms in total. The van der Waals surface area contributed by atoms with Crippen LogP contribution in [0, 0.1) is 0 Å². The molecule has 1 aliphatic rings. The van der Waals surface area contributed by atoms with Gasteiger partial charge in [-0.3, -0.25) is 0 Å². The number of hydrogen-bond donors (Lipinski definition) is 1. The van der Waals surface area contributed by atoms with Gasteiger partial charge in [-0.25, -0.2) is 22.7 Å². The van der Waals surface area contributed by atoms with E-state index in [1.807, 2.05) is 0 Å². The number of hydrogen-bond acceptors (Lipinski definition) is 7. The second kappa shape index (κ2) is 7.30. The molecule has 0 atom stereocenters. The summed E-state index contributed by atoms with van der Waals surface area (Å²) in [6.07, 6.45) is 2.97. The van der Waals surface area contributed by atoms with Gasteiger partial charge in [0.2, 0.25) is 10.0 Å². The predicted octanol–water partition coefficient (Wildman–Crippen LogP) is 1.86. The Morgan fingerprint density at radius 2 is 1.85 bits per heavy atom. The number of sulfonamides is 1. The summed E-state index contributed by atoms with van der Waals surface area (Å²) in [7, 11) is -2.34. The Morgan fingerprint density at radius 3 is 2.46 bits per heavy atom. The largest absolute Gasteiger partial charge is 0.465 e. The maximum atomic E-state index is 12.1. The molecule has 0 aliphatic heterocycles. The van der Waals surface area contributed by atoms with E-state index in [-0.39, 0.29) is 34.4 Å². The highest BCUT2D eigenvalue weighted by atomic mass is 32.2. The summed E-state index contributed by atoms with van der Waals surface area (Å²) in [5.74, 6) is -1.10. The number of carbonyl (C=O) groups excluding carboxylic acids is 2. The number of furan rings is 1. The first-order valence-corrected chi connectivity index (χ1v) is 9.33. The van der Waals surface area contributed by atoms with Gasteiger partial charge in [-0.2, -0.15) is 0 Å². The molecule has 1 saturated carbocycles. The average molecular weight is 379 g/mol. The van der Waals surface area contributed by atoms with Crippen molar-refractivity contribution in [3.63, 3.8) is 0 Å². The van der Waals surface area contributed by atoms with E-state index in [1.165, 1.54) is 43.7 Å². The summed E-state index contributed by atoms with van der Waals surface area (Å²) in [6, 6.07) is 6.84. The van der Waals surface area contributed by atoms with Crippen molar-refractivity contribution >= 4 is 22.0 Å². The van der Waals surface area contributed by atoms with Crippen molar-refractivity contribution in [1.82, 2.24) is 4.72 Å². The molecular weight excluding hydrogens is 362 g/mol. The molecule has 0 radical (unpaired) electrons. The van der Waals surface area contributed by atoms with Gasteiger partial charge in [-0.05, 0) is 43.2 Å². The van der Waals surface area contributed by atoms with E-state index in [9.17, 15) is 18.0 Å². The zero-order valence-electron chi connectivity index (χ0n) is 13.9. The van der Waals surface area contributed by atoms with E-state index in [2.05, 4.69) is 9.46 Å². The molecule has 1 heterocycles. The summed E-state index contributed by atoms with van der Waals surface area (Å²) in [6.45, 7) is -0.250. The summed E-state index contributed by atoms with van der Waals surface area (Å²) in [5, 5.41) is 0. The van der Waals surface area contributed by atoms with Gasteiger partial charge in [0.25, 0.3) is 0 Å². The molecule has 1 aliphatic carbocycles. The first-order valence-electron chi connectivity index (χ1n) is 7.85. The molecule has 1 aromatic heterocycles. The molecule has 1 N–H and O–H groups in total. The first-order chi connectivity index (χ1) is 12.4. The highest BCUT2D eigenvalue weighted by Crippen LogP contribution is 2.22. The number of rotatable bonds is 7. The topological polar surface area (TPSA) is 112 Å². The Kier molecular flexibility index (Phi) is 5.10. The molecule has 1 fully saturated rings. The Balaban J connectivity index is 1.63. The summed E-state index contributed by atoms with van der Waals surface area (Å²) >= 11 is 0. The molecule has 9 heteroatoms. The summed E-state index contributed by atoms with van der Waals surface area (Å²) in [5.41, 5.74) is 0.356. The lowest BCUT2D eigenvalue weighted by Gasteiger charge is -2.07. The van der Waals surface area contributed by atoms with Crippen LogP contribution in [0.1, 0.15) is 39.3 Å². The molecule has 0 bridgehead atoms. The van der Waals surface area contributed by atoms with Crippen LogP contribution in [0.25, 0.3) is 0 Å². The third-order valence-corrected chi connectivity index (χ3v) is 5.32. The Morgan fingerprint density at radius 1 is 1.15 bits per heavy atom. The van der Waals surface area contributed by atoms with Crippen molar-refractivity contribution in [3.05, 3.63) is 53.5 Å². The maximum absolute atomic E-state index is 12.1. The van der Waals surface area contributed by atoms with Crippen molar-refractivity contribution in [3.8, 4) is 0 Å². The molecule has 26 heavy (non-hydrogen) atoms. The Hall–Kier alpha value is -2.65. The van der Waals surface area contributed by atoms with E-state index in [0.717, 1.165) is 12.8 Å². The summed E-state index contributed by atoms with van der Waals surface area (Å²) in [4.78, 5) is 23.7. The van der Waals surface area contributed by atoms with E-state index in [0.29, 0.717) is 0 Å². The van der Waals surface area contributed by atoms with Crippen LogP contribution >= 0.6 is 0 Å². The molecule has 3 rings (SSSR count). The average Bonchev–Trinajstić information content (AvgIpc) is 3.31. The van der Waals surface area contributed by atoms with E-state index in [4.69, 9.17) is 9.15 Å². The lowest BCUT2D eigenvalue weighted by atomic mass is 10.2. The number of nitrogens with one attached hydrogen (secondary N) is 1. The number of ether oxygens (including phenoxy) is 2. The smallest absolute Gasteiger partial charge is 0.341 e. The lowest BCUT2D eigenvalue weighted by molar-refractivity contribution is 0.0432. The fraction of sp³-hybridized carbons (Fsp3) is 0.294. The fourth-order valence-corrected chi connectivity index (χ4v) is 3.52. The van der Waals surface area contributed by atoms with Crippen LogP contribution < -0.4 is 4.72 Å². The molecule has 138 valence electrons. The van der Waals surface area contributed by atoms with Crippen molar-refractivity contribution in [2.75, 3.05) is 7.11 Å². The molecular formula is C17H17NO7S. The number of benzene rings is 1. The van der Waals surface area contributed by atoms with E-state index >= 15 is 0 Å². The van der Waals surface area contributed by atoms with Crippen molar-refractivity contribution in [2.24, 2.45) is 0 Å². The van der Waals surface area contributed by atoms with Gasteiger partial charge in [0.1, 0.15) is 5.56 Å². The molecule has 0 spiro atoms. The van der Waals surface area contributed by atoms with Gasteiger partial charge in [0.05, 0.1) is 23.8 Å². The Labute approximate surface area is 150 Å². The van der Waals surface area contributed by atoms with Crippen molar-refractivity contribution in [2.45, 2.75) is 30.4 Å². The third-order valence-electron chi connectivity index (χ3n) is 3.78. The van der Waals surface area contributed by atoms with Gasteiger partial charge >= 0.3 is 11.9 Å². The van der Waals surface area contributed by atoms with Crippen LogP contribution in [0.3, 0.4) is 0 Å². The number of esters is 2. The van der Waals surface area contributed by atoms with Crippen LogP contribution in [0.2, 0.25) is 0 Å². The normalized spacial score (nSPS) is 14.0. The first kappa shape index (κ1) is 18.2. The second-order valence-electron chi connectivity index (χ2n) is 5.75. The van der Waals surface area contributed by atoms with Crippen molar-refractivity contribution < 1.29 is 31.9 Å². The Bertz CT molecular complexity index is 911. The van der Waals surface area contributed by atoms with Gasteiger partial charge in [-0.15, -0.1) is 0 Å². The van der Waals surface area contributed by atoms with Gasteiger partial charge in [0, 0.05) is 6.04 Å². The minimum atomic E-state index is -3.57. The summed E-state index contributed by atoms with van der Waals surface area (Å²) < 4.78 is 41.6. The fourth-order valence-electron chi connectivity index (χ4n) is 2.22. The maximum Gasteiger partial charge on any atom is 0.341 e. The standard InChI is InChI=1S/C17H17NO7S/c1-23-17(20)14-8-9-24-15(14)10-25-16(19)11-2-6-13(7-3-11)26(21,22)18-12-4-5-12/h2-3,6-9,12,18H,4-5,10H2,1H3. The molecule has 2 aromatic rings. The van der Waals surface area contributed by atoms with Crippen LogP contribution in [-0.4, -0.2) is 33.5 Å². The van der Waals surface area contributed by atoms with E-state index in [1.54, 1.807) is 0 Å². The van der Waals surface area contributed by atoms with Crippen LogP contribution in [0.4, 0.5) is 0 Å². The van der Waals surface area contributed by atoms with E-state index < -0.39 is 22.0 Å². The molecule has 0 unspecified atom stereocenters. The molecule has 0 saturated heterocycles. The van der Waals surface area contributed by atoms with Gasteiger partial charge in [-0.1, -0.05) is 0 Å². The minimum absolute atomic E-state index is 0.00180. The molecule has 0 amide bonds. The second-order valence-corrected chi connectivity index (χ2v) is 7.46. The zero-order chi connectivity index (χ0) is 18.7. The SMILES string of the molecule is COC(=O)c1ccoc1COC(=O)c1ccc(S(=O)(=O)NC2CC2)cc1. The predicted molar refractivity (Wildman–Crippen MR) is 89.0 cm³/mol. The number of methoxy groups -OCH3 is 1. The number of carbonyl (C=O) groups is 2. The van der Waals surface area contributed by atoms with Gasteiger partial charge in [0.15, 0.2) is 12.4 Å². The highest BCUT2D eigenvalue weighted by Gasteiger charge is 2.28. The van der Waals surface area contributed by atoms with Crippen LogP contribution in [-0.2, 0) is 26.1 Å².